The van der Waals surface area contributed by atoms with Crippen molar-refractivity contribution in [3.63, 3.8) is 0 Å². The van der Waals surface area contributed by atoms with Crippen molar-refractivity contribution in [1.82, 2.24) is 10.6 Å². The van der Waals surface area contributed by atoms with Crippen LogP contribution in [0.4, 0.5) is 4.79 Å². The highest BCUT2D eigenvalue weighted by Crippen LogP contribution is 2.34. The van der Waals surface area contributed by atoms with Gasteiger partial charge >= 0.3 is 6.03 Å². The van der Waals surface area contributed by atoms with E-state index < -0.39 is 0 Å². The van der Waals surface area contributed by atoms with E-state index in [1.165, 1.54) is 0 Å². The van der Waals surface area contributed by atoms with E-state index in [0.717, 1.165) is 36.5 Å². The summed E-state index contributed by atoms with van der Waals surface area (Å²) in [6.45, 7) is 6.68. The monoisotopic (exact) mass is 334 g/mol. The molecule has 2 atom stereocenters. The van der Waals surface area contributed by atoms with Crippen LogP contribution in [0.3, 0.4) is 0 Å². The summed E-state index contributed by atoms with van der Waals surface area (Å²) in [7, 11) is 0. The predicted molar refractivity (Wildman–Crippen MR) is 90.5 cm³/mol. The number of benzene rings is 1. The zero-order valence-corrected chi connectivity index (χ0v) is 14.3. The third-order valence-corrected chi connectivity index (χ3v) is 4.37. The van der Waals surface area contributed by atoms with Crippen LogP contribution in [0.5, 0.6) is 11.5 Å². The van der Waals surface area contributed by atoms with Gasteiger partial charge in [0.1, 0.15) is 13.2 Å². The van der Waals surface area contributed by atoms with Gasteiger partial charge in [0.05, 0.1) is 18.7 Å². The lowest BCUT2D eigenvalue weighted by Gasteiger charge is -2.28. The molecule has 24 heavy (non-hydrogen) atoms. The Morgan fingerprint density at radius 3 is 2.67 bits per heavy atom. The summed E-state index contributed by atoms with van der Waals surface area (Å²) in [5, 5.41) is 6.09. The third kappa shape index (κ3) is 4.12. The van der Waals surface area contributed by atoms with E-state index in [4.69, 9.17) is 14.2 Å². The molecule has 132 valence electrons. The number of rotatable bonds is 4. The van der Waals surface area contributed by atoms with Gasteiger partial charge in [-0.3, -0.25) is 0 Å². The molecule has 0 radical (unpaired) electrons. The fourth-order valence-electron chi connectivity index (χ4n) is 3.11. The van der Waals surface area contributed by atoms with Gasteiger partial charge in [0.25, 0.3) is 0 Å². The van der Waals surface area contributed by atoms with Gasteiger partial charge in [0.2, 0.25) is 0 Å². The highest BCUT2D eigenvalue weighted by atomic mass is 16.6. The van der Waals surface area contributed by atoms with Crippen LogP contribution in [0.2, 0.25) is 0 Å². The van der Waals surface area contributed by atoms with Crippen LogP contribution in [0.25, 0.3) is 0 Å². The molecule has 0 saturated carbocycles. The number of ether oxygens (including phenoxy) is 3. The first-order valence-electron chi connectivity index (χ1n) is 8.68. The molecule has 3 rings (SSSR count). The summed E-state index contributed by atoms with van der Waals surface area (Å²) in [4.78, 5) is 12.4. The lowest BCUT2D eigenvalue weighted by atomic mass is 9.95. The number of hydrogen-bond donors (Lipinski definition) is 2. The standard InChI is InChI=1S/C18H26N2O4/c1-12(2)17(20-18(21)19-14-4-3-7-22-11-14)13-5-6-15-16(10-13)24-9-8-23-15/h5-6,10,12,14,17H,3-4,7-9,11H2,1-2H3,(H2,19,20,21)/t14-,17-/m1/s1. The first-order valence-corrected chi connectivity index (χ1v) is 8.68. The Morgan fingerprint density at radius 1 is 1.17 bits per heavy atom. The molecule has 0 unspecified atom stereocenters. The molecule has 2 N–H and O–H groups in total. The number of fused-ring (bicyclic) bond motifs is 1. The molecule has 2 aliphatic rings. The fourth-order valence-corrected chi connectivity index (χ4v) is 3.11. The maximum Gasteiger partial charge on any atom is 0.315 e. The minimum absolute atomic E-state index is 0.0897. The molecule has 1 fully saturated rings. The van der Waals surface area contributed by atoms with Crippen LogP contribution in [0.15, 0.2) is 18.2 Å². The van der Waals surface area contributed by atoms with E-state index in [0.29, 0.717) is 19.8 Å². The molecule has 0 aliphatic carbocycles. The van der Waals surface area contributed by atoms with Crippen LogP contribution in [0, 0.1) is 5.92 Å². The zero-order chi connectivity index (χ0) is 16.9. The zero-order valence-electron chi connectivity index (χ0n) is 14.3. The average molecular weight is 334 g/mol. The SMILES string of the molecule is CC(C)[C@@H](NC(=O)N[C@@H]1CCCOC1)c1ccc2c(c1)OCCO2. The van der Waals surface area contributed by atoms with Crippen LogP contribution >= 0.6 is 0 Å². The van der Waals surface area contributed by atoms with Gasteiger partial charge in [-0.15, -0.1) is 0 Å². The number of carbonyl (C=O) groups is 1. The number of urea groups is 1. The van der Waals surface area contributed by atoms with Crippen molar-refractivity contribution in [2.45, 2.75) is 38.8 Å². The topological polar surface area (TPSA) is 68.8 Å². The quantitative estimate of drug-likeness (QED) is 0.888. The molecular weight excluding hydrogens is 308 g/mol. The van der Waals surface area contributed by atoms with Gasteiger partial charge in [0, 0.05) is 6.61 Å². The summed E-state index contributed by atoms with van der Waals surface area (Å²) >= 11 is 0. The number of carbonyl (C=O) groups excluding carboxylic acids is 1. The summed E-state index contributed by atoms with van der Waals surface area (Å²) in [6, 6.07) is 5.70. The third-order valence-electron chi connectivity index (χ3n) is 4.37. The van der Waals surface area contributed by atoms with E-state index in [-0.39, 0.29) is 24.0 Å². The number of hydrogen-bond acceptors (Lipinski definition) is 4. The van der Waals surface area contributed by atoms with Gasteiger partial charge in [-0.05, 0) is 36.5 Å². The molecule has 2 amide bonds. The van der Waals surface area contributed by atoms with E-state index in [1.807, 2.05) is 18.2 Å². The van der Waals surface area contributed by atoms with Crippen LogP contribution in [-0.4, -0.2) is 38.5 Å². The molecular formula is C18H26N2O4. The van der Waals surface area contributed by atoms with Crippen LogP contribution in [-0.2, 0) is 4.74 Å². The largest absolute Gasteiger partial charge is 0.486 e. The van der Waals surface area contributed by atoms with Gasteiger partial charge in [-0.1, -0.05) is 19.9 Å². The molecule has 2 heterocycles. The Balaban J connectivity index is 1.66. The normalized spacial score (nSPS) is 21.2. The van der Waals surface area contributed by atoms with Crippen molar-refractivity contribution >= 4 is 6.03 Å². The van der Waals surface area contributed by atoms with Crippen molar-refractivity contribution in [2.24, 2.45) is 5.92 Å². The minimum Gasteiger partial charge on any atom is -0.486 e. The number of nitrogens with one attached hydrogen (secondary N) is 2. The Morgan fingerprint density at radius 2 is 1.96 bits per heavy atom. The van der Waals surface area contributed by atoms with Crippen molar-refractivity contribution in [1.29, 1.82) is 0 Å². The Hall–Kier alpha value is -1.95. The number of amides is 2. The molecule has 6 nitrogen and oxygen atoms in total. The molecule has 0 spiro atoms. The molecule has 6 heteroatoms. The molecule has 2 aliphatic heterocycles. The highest BCUT2D eigenvalue weighted by Gasteiger charge is 2.23. The van der Waals surface area contributed by atoms with Crippen molar-refractivity contribution < 1.29 is 19.0 Å². The summed E-state index contributed by atoms with van der Waals surface area (Å²) in [5.41, 5.74) is 1.02. The Labute approximate surface area is 142 Å². The fraction of sp³-hybridized carbons (Fsp3) is 0.611. The van der Waals surface area contributed by atoms with Gasteiger partial charge < -0.3 is 24.8 Å². The van der Waals surface area contributed by atoms with Crippen molar-refractivity contribution in [3.05, 3.63) is 23.8 Å². The van der Waals surface area contributed by atoms with Gasteiger partial charge in [-0.25, -0.2) is 4.79 Å². The van der Waals surface area contributed by atoms with Crippen LogP contribution < -0.4 is 20.1 Å². The smallest absolute Gasteiger partial charge is 0.315 e. The first-order chi connectivity index (χ1) is 11.6. The molecule has 0 aromatic heterocycles. The molecule has 0 bridgehead atoms. The highest BCUT2D eigenvalue weighted by molar-refractivity contribution is 5.75. The van der Waals surface area contributed by atoms with E-state index in [2.05, 4.69) is 24.5 Å². The maximum atomic E-state index is 12.4. The van der Waals surface area contributed by atoms with E-state index in [9.17, 15) is 4.79 Å². The second kappa shape index (κ2) is 7.75. The maximum absolute atomic E-state index is 12.4. The van der Waals surface area contributed by atoms with Crippen molar-refractivity contribution in [2.75, 3.05) is 26.4 Å². The minimum atomic E-state index is -0.154. The molecule has 1 saturated heterocycles. The van der Waals surface area contributed by atoms with Crippen molar-refractivity contribution in [3.8, 4) is 11.5 Å². The van der Waals surface area contributed by atoms with E-state index in [1.54, 1.807) is 0 Å². The second-order valence-electron chi connectivity index (χ2n) is 6.66. The summed E-state index contributed by atoms with van der Waals surface area (Å²) in [5.74, 6) is 1.75. The van der Waals surface area contributed by atoms with Gasteiger partial charge in [-0.2, -0.15) is 0 Å². The Kier molecular flexibility index (Phi) is 5.45. The average Bonchev–Trinajstić information content (AvgIpc) is 2.60. The lowest BCUT2D eigenvalue weighted by Crippen LogP contribution is -2.47. The van der Waals surface area contributed by atoms with Gasteiger partial charge in [0.15, 0.2) is 11.5 Å². The lowest BCUT2D eigenvalue weighted by molar-refractivity contribution is 0.0729. The predicted octanol–water partition coefficient (Wildman–Crippen LogP) is 2.63. The molecule has 1 aromatic rings. The first kappa shape index (κ1) is 16.9. The van der Waals surface area contributed by atoms with Crippen LogP contribution in [0.1, 0.15) is 38.3 Å². The Bertz CT molecular complexity index is 570. The summed E-state index contributed by atoms with van der Waals surface area (Å²) in [6.07, 6.45) is 1.95. The summed E-state index contributed by atoms with van der Waals surface area (Å²) < 4.78 is 16.6. The van der Waals surface area contributed by atoms with E-state index >= 15 is 0 Å². The second-order valence-corrected chi connectivity index (χ2v) is 6.66. The molecule has 1 aromatic carbocycles.